The highest BCUT2D eigenvalue weighted by atomic mass is 32.2. The van der Waals surface area contributed by atoms with Crippen LogP contribution in [0.1, 0.15) is 19.1 Å². The van der Waals surface area contributed by atoms with Crippen molar-refractivity contribution in [2.45, 2.75) is 19.9 Å². The van der Waals surface area contributed by atoms with Crippen molar-refractivity contribution in [3.63, 3.8) is 0 Å². The lowest BCUT2D eigenvalue weighted by Gasteiger charge is -2.03. The van der Waals surface area contributed by atoms with Crippen LogP contribution in [0.4, 0.5) is 0 Å². The number of nitrogens with one attached hydrogen (secondary N) is 1. The van der Waals surface area contributed by atoms with Crippen LogP contribution in [0.5, 0.6) is 0 Å². The van der Waals surface area contributed by atoms with Crippen molar-refractivity contribution in [1.82, 2.24) is 5.32 Å². The van der Waals surface area contributed by atoms with E-state index in [4.69, 9.17) is 4.42 Å². The summed E-state index contributed by atoms with van der Waals surface area (Å²) >= 11 is 0. The summed E-state index contributed by atoms with van der Waals surface area (Å²) in [6, 6.07) is 3.67. The molecule has 0 aromatic carbocycles. The van der Waals surface area contributed by atoms with Gasteiger partial charge in [-0.15, -0.1) is 0 Å². The van der Waals surface area contributed by atoms with E-state index in [2.05, 4.69) is 5.32 Å². The van der Waals surface area contributed by atoms with Gasteiger partial charge in [0.15, 0.2) is 9.84 Å². The van der Waals surface area contributed by atoms with Gasteiger partial charge in [0, 0.05) is 12.3 Å². The molecule has 1 heterocycles. The molecule has 0 saturated heterocycles. The van der Waals surface area contributed by atoms with Gasteiger partial charge in [0.05, 0.1) is 18.6 Å². The first kappa shape index (κ1) is 12.3. The lowest BCUT2D eigenvalue weighted by molar-refractivity contribution is 0.487. The number of furan rings is 1. The molecule has 0 spiro atoms. The fourth-order valence-electron chi connectivity index (χ4n) is 1.27. The second-order valence-corrected chi connectivity index (χ2v) is 5.71. The van der Waals surface area contributed by atoms with Gasteiger partial charge in [0.1, 0.15) is 5.76 Å². The van der Waals surface area contributed by atoms with E-state index >= 15 is 0 Å². The summed E-state index contributed by atoms with van der Waals surface area (Å²) in [6.07, 6.45) is 2.28. The highest BCUT2D eigenvalue weighted by Gasteiger charge is 2.08. The maximum absolute atomic E-state index is 11.3. The van der Waals surface area contributed by atoms with E-state index in [0.29, 0.717) is 19.5 Å². The van der Waals surface area contributed by atoms with E-state index in [-0.39, 0.29) is 11.5 Å². The minimum absolute atomic E-state index is 0.196. The van der Waals surface area contributed by atoms with E-state index in [1.54, 1.807) is 6.26 Å². The predicted molar refractivity (Wildman–Crippen MR) is 59.4 cm³/mol. The smallest absolute Gasteiger partial charge is 0.151 e. The molecule has 0 aliphatic rings. The van der Waals surface area contributed by atoms with Gasteiger partial charge < -0.3 is 9.73 Å². The summed E-state index contributed by atoms with van der Waals surface area (Å²) in [5, 5.41) is 3.03. The third kappa shape index (κ3) is 4.99. The Morgan fingerprint density at radius 3 is 2.80 bits per heavy atom. The molecule has 86 valence electrons. The molecule has 0 aliphatic carbocycles. The molecule has 1 aromatic heterocycles. The van der Waals surface area contributed by atoms with Gasteiger partial charge in [-0.3, -0.25) is 0 Å². The fraction of sp³-hybridized carbons (Fsp3) is 0.600. The van der Waals surface area contributed by atoms with Gasteiger partial charge in [-0.1, -0.05) is 6.92 Å². The minimum Gasteiger partial charge on any atom is -0.468 e. The second kappa shape index (κ2) is 5.92. The Morgan fingerprint density at radius 1 is 1.40 bits per heavy atom. The van der Waals surface area contributed by atoms with Gasteiger partial charge in [-0.05, 0) is 18.6 Å². The zero-order valence-corrected chi connectivity index (χ0v) is 9.72. The summed E-state index contributed by atoms with van der Waals surface area (Å²) in [5.41, 5.74) is 0. The largest absolute Gasteiger partial charge is 0.468 e. The number of hydrogen-bond donors (Lipinski definition) is 1. The van der Waals surface area contributed by atoms with Gasteiger partial charge in [-0.25, -0.2) is 8.42 Å². The molecule has 0 saturated carbocycles. The average Bonchev–Trinajstić information content (AvgIpc) is 2.65. The summed E-state index contributed by atoms with van der Waals surface area (Å²) in [6.45, 7) is 2.92. The molecule has 0 atom stereocenters. The quantitative estimate of drug-likeness (QED) is 0.716. The van der Waals surface area contributed by atoms with Crippen LogP contribution in [0, 0.1) is 0 Å². The third-order valence-electron chi connectivity index (χ3n) is 1.98. The molecule has 0 bridgehead atoms. The summed E-state index contributed by atoms with van der Waals surface area (Å²) in [5.74, 6) is 1.29. The molecule has 0 unspecified atom stereocenters. The zero-order valence-electron chi connectivity index (χ0n) is 8.90. The Morgan fingerprint density at radius 2 is 2.20 bits per heavy atom. The van der Waals surface area contributed by atoms with E-state index < -0.39 is 9.84 Å². The van der Waals surface area contributed by atoms with Crippen molar-refractivity contribution in [3.05, 3.63) is 24.2 Å². The van der Waals surface area contributed by atoms with Crippen LogP contribution in [0.25, 0.3) is 0 Å². The van der Waals surface area contributed by atoms with Gasteiger partial charge in [-0.2, -0.15) is 0 Å². The highest BCUT2D eigenvalue weighted by Crippen LogP contribution is 1.98. The van der Waals surface area contributed by atoms with Gasteiger partial charge in [0.2, 0.25) is 0 Å². The molecule has 1 aromatic rings. The number of rotatable bonds is 7. The standard InChI is InChI=1S/C10H17NO3S/c1-2-7-15(12,13)8-5-11-9-10-4-3-6-14-10/h3-4,6,11H,2,5,7-9H2,1H3. The van der Waals surface area contributed by atoms with Gasteiger partial charge >= 0.3 is 0 Å². The third-order valence-corrected chi connectivity index (χ3v) is 3.84. The molecule has 0 fully saturated rings. The van der Waals surface area contributed by atoms with Crippen LogP contribution in [-0.2, 0) is 16.4 Å². The monoisotopic (exact) mass is 231 g/mol. The Balaban J connectivity index is 2.17. The highest BCUT2D eigenvalue weighted by molar-refractivity contribution is 7.91. The van der Waals surface area contributed by atoms with E-state index in [9.17, 15) is 8.42 Å². The van der Waals surface area contributed by atoms with Crippen molar-refractivity contribution < 1.29 is 12.8 Å². The first-order valence-corrected chi connectivity index (χ1v) is 6.89. The van der Waals surface area contributed by atoms with Crippen molar-refractivity contribution in [1.29, 1.82) is 0 Å². The van der Waals surface area contributed by atoms with Crippen molar-refractivity contribution in [2.24, 2.45) is 0 Å². The molecule has 5 heteroatoms. The van der Waals surface area contributed by atoms with Crippen LogP contribution < -0.4 is 5.32 Å². The van der Waals surface area contributed by atoms with Crippen LogP contribution in [0.3, 0.4) is 0 Å². The van der Waals surface area contributed by atoms with E-state index in [0.717, 1.165) is 5.76 Å². The molecular weight excluding hydrogens is 214 g/mol. The fourth-order valence-corrected chi connectivity index (χ4v) is 2.55. The first-order chi connectivity index (χ1) is 7.14. The summed E-state index contributed by atoms with van der Waals surface area (Å²) in [7, 11) is -2.87. The molecular formula is C10H17NO3S. The SMILES string of the molecule is CCCS(=O)(=O)CCNCc1ccco1. The maximum Gasteiger partial charge on any atom is 0.151 e. The molecule has 0 radical (unpaired) electrons. The van der Waals surface area contributed by atoms with Crippen molar-refractivity contribution in [3.8, 4) is 0 Å². The summed E-state index contributed by atoms with van der Waals surface area (Å²) in [4.78, 5) is 0. The molecule has 0 aliphatic heterocycles. The zero-order chi connectivity index (χ0) is 11.1. The second-order valence-electron chi connectivity index (χ2n) is 3.41. The minimum atomic E-state index is -2.87. The lowest BCUT2D eigenvalue weighted by Crippen LogP contribution is -2.23. The molecule has 1 N–H and O–H groups in total. The Labute approximate surface area is 90.6 Å². The van der Waals surface area contributed by atoms with Crippen LogP contribution in [0.2, 0.25) is 0 Å². The average molecular weight is 231 g/mol. The van der Waals surface area contributed by atoms with E-state index in [1.165, 1.54) is 0 Å². The number of hydrogen-bond acceptors (Lipinski definition) is 4. The maximum atomic E-state index is 11.3. The Kier molecular flexibility index (Phi) is 4.84. The van der Waals surface area contributed by atoms with E-state index in [1.807, 2.05) is 19.1 Å². The Hall–Kier alpha value is -0.810. The Bertz CT molecular complexity index is 356. The van der Waals surface area contributed by atoms with Crippen LogP contribution in [-0.4, -0.2) is 26.5 Å². The predicted octanol–water partition coefficient (Wildman–Crippen LogP) is 1.19. The lowest BCUT2D eigenvalue weighted by atomic mass is 10.4. The van der Waals surface area contributed by atoms with Crippen molar-refractivity contribution in [2.75, 3.05) is 18.1 Å². The molecule has 4 nitrogen and oxygen atoms in total. The van der Waals surface area contributed by atoms with Crippen molar-refractivity contribution >= 4 is 9.84 Å². The van der Waals surface area contributed by atoms with Crippen LogP contribution in [0.15, 0.2) is 22.8 Å². The normalized spacial score (nSPS) is 11.8. The first-order valence-electron chi connectivity index (χ1n) is 5.07. The topological polar surface area (TPSA) is 59.3 Å². The molecule has 1 rings (SSSR count). The summed E-state index contributed by atoms with van der Waals surface area (Å²) < 4.78 is 27.8. The van der Waals surface area contributed by atoms with Crippen LogP contribution >= 0.6 is 0 Å². The van der Waals surface area contributed by atoms with Gasteiger partial charge in [0.25, 0.3) is 0 Å². The molecule has 15 heavy (non-hydrogen) atoms. The number of sulfone groups is 1. The molecule has 0 amide bonds.